The fraction of sp³-hybridized carbons (Fsp3) is 0.237. The van der Waals surface area contributed by atoms with Gasteiger partial charge in [-0.3, -0.25) is 4.31 Å². The molecule has 1 N–H and O–H groups in total. The zero-order chi connectivity index (χ0) is 34.0. The van der Waals surface area contributed by atoms with Gasteiger partial charge in [-0.1, -0.05) is 66.7 Å². The molecule has 0 amide bonds. The number of rotatable bonds is 11. The summed E-state index contributed by atoms with van der Waals surface area (Å²) < 4.78 is 54.4. The summed E-state index contributed by atoms with van der Waals surface area (Å²) in [4.78, 5) is 10.9. The van der Waals surface area contributed by atoms with Crippen molar-refractivity contribution in [2.45, 2.75) is 17.1 Å². The van der Waals surface area contributed by atoms with Crippen molar-refractivity contribution >= 4 is 59.2 Å². The minimum absolute atomic E-state index is 0.100. The number of pyridine rings is 1. The second-order valence-corrected chi connectivity index (χ2v) is 17.7. The Balaban J connectivity index is 1.23. The summed E-state index contributed by atoms with van der Waals surface area (Å²) in [6, 6.07) is 31.8. The van der Waals surface area contributed by atoms with Gasteiger partial charge in [0.15, 0.2) is 9.84 Å². The van der Waals surface area contributed by atoms with Crippen molar-refractivity contribution < 1.29 is 16.8 Å². The van der Waals surface area contributed by atoms with Crippen LogP contribution in [-0.4, -0.2) is 75.6 Å². The summed E-state index contributed by atoms with van der Waals surface area (Å²) in [5, 5.41) is 1.78. The van der Waals surface area contributed by atoms with E-state index < -0.39 is 19.9 Å². The molecule has 1 saturated heterocycles. The van der Waals surface area contributed by atoms with Gasteiger partial charge in [0.05, 0.1) is 22.1 Å². The number of hydrogen-bond donors (Lipinski definition) is 1. The van der Waals surface area contributed by atoms with Crippen LogP contribution in [0.1, 0.15) is 12.0 Å². The lowest BCUT2D eigenvalue weighted by atomic mass is 9.92. The van der Waals surface area contributed by atoms with Gasteiger partial charge in [0.2, 0.25) is 10.0 Å². The predicted octanol–water partition coefficient (Wildman–Crippen LogP) is 7.23. The number of aromatic nitrogens is 2. The molecule has 4 aromatic carbocycles. The fourth-order valence-electron chi connectivity index (χ4n) is 6.49. The number of nitrogens with zero attached hydrogens (tertiary/aromatic N) is 3. The molecule has 7 rings (SSSR count). The summed E-state index contributed by atoms with van der Waals surface area (Å²) in [6.45, 7) is 2.83. The monoisotopic (exact) mass is 710 g/mol. The van der Waals surface area contributed by atoms with Crippen molar-refractivity contribution in [3.8, 4) is 22.3 Å². The maximum Gasteiger partial charge on any atom is 0.234 e. The molecule has 0 bridgehead atoms. The quantitative estimate of drug-likeness (QED) is 0.151. The van der Waals surface area contributed by atoms with Crippen molar-refractivity contribution in [2.24, 2.45) is 0 Å². The second-order valence-electron chi connectivity index (χ2n) is 12.4. The van der Waals surface area contributed by atoms with Crippen LogP contribution in [0.3, 0.4) is 0 Å². The topological polar surface area (TPSA) is 103 Å². The summed E-state index contributed by atoms with van der Waals surface area (Å²) >= 11 is 1.95. The van der Waals surface area contributed by atoms with Crippen LogP contribution in [0.5, 0.6) is 0 Å². The maximum atomic E-state index is 13.3. The fourth-order valence-corrected chi connectivity index (χ4v) is 10.0. The van der Waals surface area contributed by atoms with Crippen LogP contribution >= 0.6 is 11.8 Å². The minimum atomic E-state index is -3.54. The molecular formula is C38H38N4O4S3. The minimum Gasteiger partial charge on any atom is -0.339 e. The molecule has 49 heavy (non-hydrogen) atoms. The van der Waals surface area contributed by atoms with Crippen LogP contribution in [0, 0.1) is 0 Å². The first kappa shape index (κ1) is 33.3. The van der Waals surface area contributed by atoms with Crippen LogP contribution < -0.4 is 4.31 Å². The van der Waals surface area contributed by atoms with E-state index >= 15 is 0 Å². The molecule has 1 fully saturated rings. The Bertz CT molecular complexity index is 2300. The Labute approximate surface area is 292 Å². The molecule has 0 saturated carbocycles. The number of benzene rings is 4. The first-order valence-electron chi connectivity index (χ1n) is 16.3. The number of anilines is 1. The maximum absolute atomic E-state index is 13.3. The Morgan fingerprint density at radius 1 is 0.837 bits per heavy atom. The Morgan fingerprint density at radius 3 is 2.24 bits per heavy atom. The molecule has 6 aromatic rings. The van der Waals surface area contributed by atoms with Crippen LogP contribution in [-0.2, 0) is 25.6 Å². The van der Waals surface area contributed by atoms with Crippen LogP contribution in [0.25, 0.3) is 44.2 Å². The van der Waals surface area contributed by atoms with Crippen molar-refractivity contribution in [3.05, 3.63) is 115 Å². The van der Waals surface area contributed by atoms with Gasteiger partial charge in [-0.05, 0) is 66.1 Å². The van der Waals surface area contributed by atoms with E-state index in [1.807, 2.05) is 78.6 Å². The van der Waals surface area contributed by atoms with Crippen LogP contribution in [0.15, 0.2) is 114 Å². The number of nitrogens with one attached hydrogen (secondary N) is 1. The van der Waals surface area contributed by atoms with Gasteiger partial charge in [0.25, 0.3) is 0 Å². The highest BCUT2D eigenvalue weighted by atomic mass is 32.2. The van der Waals surface area contributed by atoms with Crippen molar-refractivity contribution in [1.82, 2.24) is 14.9 Å². The van der Waals surface area contributed by atoms with Gasteiger partial charge in [-0.25, -0.2) is 21.8 Å². The van der Waals surface area contributed by atoms with Gasteiger partial charge in [0.1, 0.15) is 5.65 Å². The van der Waals surface area contributed by atoms with E-state index in [1.54, 1.807) is 37.4 Å². The van der Waals surface area contributed by atoms with E-state index in [9.17, 15) is 16.8 Å². The van der Waals surface area contributed by atoms with E-state index in [0.717, 1.165) is 69.7 Å². The predicted molar refractivity (Wildman–Crippen MR) is 202 cm³/mol. The molecule has 0 aliphatic carbocycles. The molecule has 2 aromatic heterocycles. The molecule has 0 spiro atoms. The van der Waals surface area contributed by atoms with Gasteiger partial charge in [0, 0.05) is 65.3 Å². The average molecular weight is 711 g/mol. The molecule has 11 heteroatoms. The average Bonchev–Trinajstić information content (AvgIpc) is 3.50. The summed E-state index contributed by atoms with van der Waals surface area (Å²) in [5.74, 6) is 2.19. The van der Waals surface area contributed by atoms with E-state index in [0.29, 0.717) is 28.2 Å². The molecule has 3 heterocycles. The molecular weight excluding hydrogens is 673 g/mol. The summed E-state index contributed by atoms with van der Waals surface area (Å²) in [7, 11) is -5.40. The second kappa shape index (κ2) is 14.0. The van der Waals surface area contributed by atoms with Gasteiger partial charge in [-0.15, -0.1) is 0 Å². The Kier molecular flexibility index (Phi) is 9.52. The number of hydrogen-bond acceptors (Lipinski definition) is 7. The van der Waals surface area contributed by atoms with E-state index in [-0.39, 0.29) is 11.5 Å². The highest BCUT2D eigenvalue weighted by Gasteiger charge is 2.22. The third kappa shape index (κ3) is 7.12. The summed E-state index contributed by atoms with van der Waals surface area (Å²) in [6.07, 6.45) is 2.45. The zero-order valence-electron chi connectivity index (χ0n) is 27.2. The largest absolute Gasteiger partial charge is 0.339 e. The number of fused-ring (bicyclic) bond motifs is 3. The van der Waals surface area contributed by atoms with Gasteiger partial charge < -0.3 is 9.88 Å². The van der Waals surface area contributed by atoms with E-state index in [1.165, 1.54) is 4.31 Å². The SMILES string of the molecule is CN(c1ccc(-c2cnc3[nH]c4ccc(CS(=O)(=O)c5ccccc5)cc4c3c2-c2ccccc2)cc1)S(=O)(=O)CCCN1CCSCC1. The van der Waals surface area contributed by atoms with Crippen LogP contribution in [0.4, 0.5) is 5.69 Å². The third-order valence-electron chi connectivity index (χ3n) is 9.15. The number of H-pyrrole nitrogens is 1. The van der Waals surface area contributed by atoms with Crippen molar-refractivity contribution in [1.29, 1.82) is 0 Å². The number of aromatic amines is 1. The van der Waals surface area contributed by atoms with E-state index in [2.05, 4.69) is 22.0 Å². The summed E-state index contributed by atoms with van der Waals surface area (Å²) in [5.41, 5.74) is 6.58. The van der Waals surface area contributed by atoms with Crippen molar-refractivity contribution in [3.63, 3.8) is 0 Å². The molecule has 0 radical (unpaired) electrons. The number of thioether (sulfide) groups is 1. The highest BCUT2D eigenvalue weighted by Crippen LogP contribution is 2.41. The van der Waals surface area contributed by atoms with Crippen LogP contribution in [0.2, 0.25) is 0 Å². The van der Waals surface area contributed by atoms with Crippen molar-refractivity contribution in [2.75, 3.05) is 48.2 Å². The Morgan fingerprint density at radius 2 is 1.53 bits per heavy atom. The molecule has 252 valence electrons. The third-order valence-corrected chi connectivity index (χ3v) is 13.6. The lowest BCUT2D eigenvalue weighted by Crippen LogP contribution is -2.35. The van der Waals surface area contributed by atoms with Gasteiger partial charge in [-0.2, -0.15) is 11.8 Å². The molecule has 8 nitrogen and oxygen atoms in total. The lowest BCUT2D eigenvalue weighted by Gasteiger charge is -2.26. The molecule has 0 atom stereocenters. The highest BCUT2D eigenvalue weighted by molar-refractivity contribution is 7.99. The molecule has 0 unspecified atom stereocenters. The molecule has 1 aliphatic rings. The van der Waals surface area contributed by atoms with Gasteiger partial charge >= 0.3 is 0 Å². The number of sulfone groups is 1. The lowest BCUT2D eigenvalue weighted by molar-refractivity contribution is 0.303. The molecule has 1 aliphatic heterocycles. The number of sulfonamides is 1. The first-order chi connectivity index (χ1) is 23.7. The smallest absolute Gasteiger partial charge is 0.234 e. The normalized spacial score (nSPS) is 14.4. The Hall–Kier alpha value is -4.16. The standard InChI is InChI=1S/C38H38N4O4S3/c1-41(49(45,46)24-8-19-42-20-22-47-23-21-42)31-16-14-29(15-17-31)34-26-39-38-37(36(34)30-9-4-2-5-10-30)33-25-28(13-18-35(33)40-38)27-48(43,44)32-11-6-3-7-12-32/h2-7,9-18,25-26H,8,19-24,27H2,1H3,(H,39,40). The zero-order valence-corrected chi connectivity index (χ0v) is 29.7. The van der Waals surface area contributed by atoms with E-state index in [4.69, 9.17) is 4.98 Å². The first-order valence-corrected chi connectivity index (χ1v) is 20.7.